The summed E-state index contributed by atoms with van der Waals surface area (Å²) in [6, 6.07) is 10.8. The fraction of sp³-hybridized carbons (Fsp3) is 0.621. The first-order valence-corrected chi connectivity index (χ1v) is 16.6. The predicted octanol–water partition coefficient (Wildman–Crippen LogP) is 4.23. The first-order chi connectivity index (χ1) is 19.2. The zero-order valence-corrected chi connectivity index (χ0v) is 24.5. The molecular formula is C29H38ClN7O2S. The summed E-state index contributed by atoms with van der Waals surface area (Å²) in [5.41, 5.74) is 1.63. The summed E-state index contributed by atoms with van der Waals surface area (Å²) in [6.07, 6.45) is 10.8. The van der Waals surface area contributed by atoms with E-state index in [0.29, 0.717) is 65.9 Å². The van der Waals surface area contributed by atoms with Crippen LogP contribution in [0, 0.1) is 34.5 Å². The first kappa shape index (κ1) is 27.7. The Morgan fingerprint density at radius 1 is 1.12 bits per heavy atom. The Morgan fingerprint density at radius 3 is 2.52 bits per heavy atom. The molecule has 0 spiro atoms. The van der Waals surface area contributed by atoms with Gasteiger partial charge in [0.15, 0.2) is 0 Å². The zero-order chi connectivity index (χ0) is 27.9. The van der Waals surface area contributed by atoms with Gasteiger partial charge in [0.2, 0.25) is 16.0 Å². The molecule has 1 aromatic carbocycles. The van der Waals surface area contributed by atoms with Crippen LogP contribution in [0.15, 0.2) is 30.5 Å². The number of rotatable bonds is 9. The van der Waals surface area contributed by atoms with Crippen LogP contribution in [0.3, 0.4) is 0 Å². The molecule has 3 N–H and O–H groups in total. The van der Waals surface area contributed by atoms with Gasteiger partial charge in [-0.2, -0.15) is 10.2 Å². The summed E-state index contributed by atoms with van der Waals surface area (Å²) < 4.78 is 25.4. The first-order valence-electron chi connectivity index (χ1n) is 14.4. The highest BCUT2D eigenvalue weighted by Crippen LogP contribution is 2.60. The van der Waals surface area contributed by atoms with E-state index < -0.39 is 10.0 Å². The van der Waals surface area contributed by atoms with Gasteiger partial charge in [-0.1, -0.05) is 29.8 Å². The van der Waals surface area contributed by atoms with Gasteiger partial charge in [0.1, 0.15) is 17.5 Å². The van der Waals surface area contributed by atoms with Gasteiger partial charge in [0.25, 0.3) is 0 Å². The summed E-state index contributed by atoms with van der Waals surface area (Å²) >= 11 is 6.29. The fourth-order valence-electron chi connectivity index (χ4n) is 8.08. The van der Waals surface area contributed by atoms with Gasteiger partial charge < -0.3 is 16.0 Å². The molecule has 1 aromatic heterocycles. The smallest absolute Gasteiger partial charge is 0.224 e. The van der Waals surface area contributed by atoms with E-state index in [0.717, 1.165) is 30.9 Å². The summed E-state index contributed by atoms with van der Waals surface area (Å²) in [4.78, 5) is 9.00. The van der Waals surface area contributed by atoms with Crippen LogP contribution in [-0.4, -0.2) is 60.7 Å². The van der Waals surface area contributed by atoms with Crippen LogP contribution in [0.5, 0.6) is 0 Å². The number of benzene rings is 1. The molecule has 5 fully saturated rings. The molecule has 2 aromatic rings. The molecule has 0 radical (unpaired) electrons. The van der Waals surface area contributed by atoms with Crippen LogP contribution in [0.25, 0.3) is 0 Å². The number of nitriles is 1. The largest absolute Gasteiger partial charge is 0.368 e. The van der Waals surface area contributed by atoms with E-state index in [-0.39, 0.29) is 5.41 Å². The van der Waals surface area contributed by atoms with Crippen LogP contribution in [0.1, 0.15) is 56.1 Å². The molecule has 214 valence electrons. The normalized spacial score (nSPS) is 30.2. The highest BCUT2D eigenvalue weighted by atomic mass is 35.5. The average molecular weight is 584 g/mol. The minimum Gasteiger partial charge on any atom is -0.368 e. The van der Waals surface area contributed by atoms with Gasteiger partial charge in [0.05, 0.1) is 12.5 Å². The zero-order valence-electron chi connectivity index (χ0n) is 22.9. The van der Waals surface area contributed by atoms with E-state index in [1.165, 1.54) is 38.4 Å². The van der Waals surface area contributed by atoms with Crippen molar-refractivity contribution in [2.75, 3.05) is 36.5 Å². The third-order valence-corrected chi connectivity index (χ3v) is 11.4. The van der Waals surface area contributed by atoms with Crippen molar-refractivity contribution >= 4 is 33.4 Å². The van der Waals surface area contributed by atoms with Crippen molar-refractivity contribution in [1.29, 1.82) is 5.26 Å². The van der Waals surface area contributed by atoms with Crippen molar-refractivity contribution in [3.05, 3.63) is 46.6 Å². The van der Waals surface area contributed by atoms with E-state index in [1.807, 2.05) is 24.3 Å². The van der Waals surface area contributed by atoms with Crippen molar-refractivity contribution in [1.82, 2.24) is 19.6 Å². The van der Waals surface area contributed by atoms with Gasteiger partial charge in [-0.15, -0.1) is 0 Å². The Labute approximate surface area is 242 Å². The molecule has 4 aliphatic carbocycles. The Hall–Kier alpha value is -2.45. The Kier molecular flexibility index (Phi) is 7.68. The lowest BCUT2D eigenvalue weighted by molar-refractivity contribution is -0.0730. The molecule has 9 nitrogen and oxygen atoms in total. The number of anilines is 2. The van der Waals surface area contributed by atoms with Crippen LogP contribution in [0.4, 0.5) is 11.8 Å². The van der Waals surface area contributed by atoms with Crippen LogP contribution in [0.2, 0.25) is 5.02 Å². The summed E-state index contributed by atoms with van der Waals surface area (Å²) in [5, 5.41) is 21.2. The number of nitrogens with one attached hydrogen (secondary N) is 3. The molecule has 40 heavy (non-hydrogen) atoms. The van der Waals surface area contributed by atoms with E-state index in [1.54, 1.807) is 10.5 Å². The van der Waals surface area contributed by atoms with Crippen LogP contribution >= 0.6 is 11.6 Å². The maximum Gasteiger partial charge on any atom is 0.224 e. The van der Waals surface area contributed by atoms with E-state index in [4.69, 9.17) is 11.6 Å². The molecule has 1 unspecified atom stereocenters. The quantitative estimate of drug-likeness (QED) is 0.401. The van der Waals surface area contributed by atoms with E-state index in [9.17, 15) is 13.7 Å². The lowest BCUT2D eigenvalue weighted by atomic mass is 9.48. The maximum absolute atomic E-state index is 11.9. The number of piperidine rings is 1. The summed E-state index contributed by atoms with van der Waals surface area (Å²) in [7, 11) is -3.10. The monoisotopic (exact) mass is 583 g/mol. The molecule has 1 saturated heterocycles. The predicted molar refractivity (Wildman–Crippen MR) is 156 cm³/mol. The minimum atomic E-state index is -3.10. The van der Waals surface area contributed by atoms with Gasteiger partial charge in [-0.3, -0.25) is 0 Å². The maximum atomic E-state index is 11.9. The Bertz CT molecular complexity index is 1370. The number of nitrogens with zero attached hydrogens (tertiary/aromatic N) is 4. The molecular weight excluding hydrogens is 546 g/mol. The third-order valence-electron chi connectivity index (χ3n) is 9.69. The van der Waals surface area contributed by atoms with Gasteiger partial charge in [0, 0.05) is 43.3 Å². The molecule has 5 atom stereocenters. The number of sulfonamides is 1. The molecule has 4 bridgehead atoms. The second kappa shape index (κ2) is 11.1. The third kappa shape index (κ3) is 5.80. The summed E-state index contributed by atoms with van der Waals surface area (Å²) in [6.45, 7) is 2.54. The molecule has 5 aliphatic rings. The van der Waals surface area contributed by atoms with Gasteiger partial charge in [-0.25, -0.2) is 17.7 Å². The average Bonchev–Trinajstić information content (AvgIpc) is 2.93. The second-order valence-electron chi connectivity index (χ2n) is 12.5. The van der Waals surface area contributed by atoms with E-state index in [2.05, 4.69) is 32.0 Å². The van der Waals surface area contributed by atoms with Crippen LogP contribution in [-0.2, 0) is 16.6 Å². The van der Waals surface area contributed by atoms with Crippen molar-refractivity contribution in [2.45, 2.75) is 63.6 Å². The lowest BCUT2D eigenvalue weighted by Crippen LogP contribution is -2.62. The lowest BCUT2D eigenvalue weighted by Gasteiger charge is -2.61. The SMILES string of the molecule is CS(=O)(=O)N1CCC(N[C@@H]2[C@@H]3CC4C[C@H]2C[C@@](CNc2nc(NCc5ccccc5Cl)ncc2C#N)(C4)C3)CC1. The second-order valence-corrected chi connectivity index (χ2v) is 14.9. The number of hydrogen-bond acceptors (Lipinski definition) is 8. The Morgan fingerprint density at radius 2 is 1.85 bits per heavy atom. The van der Waals surface area contributed by atoms with Crippen LogP contribution < -0.4 is 16.0 Å². The highest BCUT2D eigenvalue weighted by molar-refractivity contribution is 7.88. The van der Waals surface area contributed by atoms with Crippen molar-refractivity contribution in [2.24, 2.45) is 23.2 Å². The van der Waals surface area contributed by atoms with Crippen molar-refractivity contribution < 1.29 is 8.42 Å². The molecule has 0 amide bonds. The van der Waals surface area contributed by atoms with Crippen molar-refractivity contribution in [3.63, 3.8) is 0 Å². The molecule has 1 aliphatic heterocycles. The fourth-order valence-corrected chi connectivity index (χ4v) is 9.16. The number of halogens is 1. The van der Waals surface area contributed by atoms with Crippen molar-refractivity contribution in [3.8, 4) is 6.07 Å². The number of hydrogen-bond donors (Lipinski definition) is 3. The summed E-state index contributed by atoms with van der Waals surface area (Å²) in [5.74, 6) is 3.11. The molecule has 7 rings (SSSR count). The molecule has 2 heterocycles. The van der Waals surface area contributed by atoms with Gasteiger partial charge >= 0.3 is 0 Å². The molecule has 11 heteroatoms. The topological polar surface area (TPSA) is 123 Å². The Balaban J connectivity index is 1.08. The standard InChI is InChI=1S/C29H38ClN7O2S/c1-40(38,39)37-8-6-24(7-9-37)35-26-21-10-19-11-22(26)14-29(12-19,13-21)18-34-27-23(15-31)17-33-28(36-27)32-16-20-4-2-3-5-25(20)30/h2-5,17,19,21-22,24,26,35H,6-14,16,18H2,1H3,(H2,32,33,34,36)/t19?,21-,22+,26-,29-. The minimum absolute atomic E-state index is 0.219. The number of aromatic nitrogens is 2. The highest BCUT2D eigenvalue weighted by Gasteiger charge is 2.55. The molecule has 4 saturated carbocycles. The van der Waals surface area contributed by atoms with E-state index >= 15 is 0 Å². The van der Waals surface area contributed by atoms with Gasteiger partial charge in [-0.05, 0) is 79.7 Å².